The minimum Gasteiger partial charge on any atom is -0.374 e. The number of nitrogens with one attached hydrogen (secondary N) is 2. The monoisotopic (exact) mass is 577 g/mol. The van der Waals surface area contributed by atoms with Crippen LogP contribution in [0.3, 0.4) is 0 Å². The van der Waals surface area contributed by atoms with E-state index in [-0.39, 0.29) is 12.0 Å². The second-order valence-corrected chi connectivity index (χ2v) is 10.8. The van der Waals surface area contributed by atoms with Crippen molar-refractivity contribution >= 4 is 22.7 Å². The molecular weight excluding hydrogens is 540 g/mol. The molecule has 0 bridgehead atoms. The van der Waals surface area contributed by atoms with E-state index in [0.717, 1.165) is 34.0 Å². The molecule has 1 saturated heterocycles. The number of hydrogen-bond donors (Lipinski definition) is 3. The van der Waals surface area contributed by atoms with Crippen LogP contribution in [-0.4, -0.2) is 87.7 Å². The van der Waals surface area contributed by atoms with Crippen molar-refractivity contribution in [1.82, 2.24) is 35.1 Å². The number of nitrogens with zero attached hydrogens (tertiary/aromatic N) is 7. The third-order valence-corrected chi connectivity index (χ3v) is 8.12. The van der Waals surface area contributed by atoms with Crippen molar-refractivity contribution in [3.8, 4) is 11.3 Å². The van der Waals surface area contributed by atoms with Gasteiger partial charge in [-0.1, -0.05) is 32.0 Å². The summed E-state index contributed by atoms with van der Waals surface area (Å²) < 4.78 is 25.3. The molecular formula is C30H37F2N9O. The molecule has 1 aliphatic rings. The highest BCUT2D eigenvalue weighted by Crippen LogP contribution is 2.34. The summed E-state index contributed by atoms with van der Waals surface area (Å²) in [7, 11) is 1.72. The molecule has 0 spiro atoms. The molecule has 0 amide bonds. The number of rotatable bonds is 11. The molecule has 12 heteroatoms. The van der Waals surface area contributed by atoms with E-state index in [2.05, 4.69) is 50.5 Å². The summed E-state index contributed by atoms with van der Waals surface area (Å²) in [5.41, 5.74) is 3.92. The first-order valence-electron chi connectivity index (χ1n) is 14.2. The molecule has 2 atom stereocenters. The van der Waals surface area contributed by atoms with Crippen LogP contribution in [0.4, 0.5) is 20.5 Å². The number of aliphatic hydroxyl groups is 1. The summed E-state index contributed by atoms with van der Waals surface area (Å²) in [6.45, 7) is 7.07. The van der Waals surface area contributed by atoms with E-state index >= 15 is 0 Å². The van der Waals surface area contributed by atoms with E-state index in [1.54, 1.807) is 30.5 Å². The lowest BCUT2D eigenvalue weighted by molar-refractivity contribution is 0.0853. The average molecular weight is 578 g/mol. The SMILES string of the molecule is CC[C@](C)(CNc1cc(-c2cnc(N3CCN(CC(F)F)CC3)nc2)ncn1)c1cccc2c(C(O)NC)ccnc12. The van der Waals surface area contributed by atoms with Crippen LogP contribution in [0.15, 0.2) is 55.2 Å². The number of alkyl halides is 2. The highest BCUT2D eigenvalue weighted by Gasteiger charge is 2.28. The zero-order valence-corrected chi connectivity index (χ0v) is 24.1. The molecule has 5 rings (SSSR count). The van der Waals surface area contributed by atoms with Crippen LogP contribution in [-0.2, 0) is 5.41 Å². The van der Waals surface area contributed by atoms with Crippen molar-refractivity contribution in [2.45, 2.75) is 38.3 Å². The standard InChI is InChI=1S/C30H37F2N9O/c1-4-30(2,23-7-5-6-21-22(28(42)33-3)8-9-34-27(21)23)18-37-26-14-24(38-19-39-26)20-15-35-29(36-16-20)41-12-10-40(11-13-41)17-25(31)32/h5-9,14-16,19,25,28,33,42H,4,10-13,17-18H2,1-3H3,(H,37,38,39)/t28?,30-/m1/s1. The molecule has 0 saturated carbocycles. The van der Waals surface area contributed by atoms with Crippen LogP contribution in [0.2, 0.25) is 0 Å². The third kappa shape index (κ3) is 6.45. The van der Waals surface area contributed by atoms with Crippen molar-refractivity contribution < 1.29 is 13.9 Å². The first kappa shape index (κ1) is 29.6. The molecule has 4 aromatic rings. The quantitative estimate of drug-likeness (QED) is 0.227. The topological polar surface area (TPSA) is 115 Å². The number of anilines is 2. The molecule has 4 heterocycles. The molecule has 1 aliphatic heterocycles. The van der Waals surface area contributed by atoms with Gasteiger partial charge >= 0.3 is 0 Å². The van der Waals surface area contributed by atoms with E-state index < -0.39 is 12.7 Å². The van der Waals surface area contributed by atoms with Gasteiger partial charge in [0, 0.05) is 79.3 Å². The van der Waals surface area contributed by atoms with Gasteiger partial charge in [0.2, 0.25) is 5.95 Å². The number of fused-ring (bicyclic) bond motifs is 1. The van der Waals surface area contributed by atoms with Crippen molar-refractivity contribution in [2.24, 2.45) is 0 Å². The molecule has 222 valence electrons. The number of hydrogen-bond acceptors (Lipinski definition) is 10. The van der Waals surface area contributed by atoms with Crippen molar-refractivity contribution in [3.63, 3.8) is 0 Å². The van der Waals surface area contributed by atoms with Crippen LogP contribution in [0.1, 0.15) is 37.6 Å². The van der Waals surface area contributed by atoms with E-state index in [9.17, 15) is 13.9 Å². The Morgan fingerprint density at radius 3 is 2.48 bits per heavy atom. The largest absolute Gasteiger partial charge is 0.374 e. The highest BCUT2D eigenvalue weighted by atomic mass is 19.3. The van der Waals surface area contributed by atoms with Gasteiger partial charge < -0.3 is 15.3 Å². The Kier molecular flexibility index (Phi) is 9.15. The fourth-order valence-electron chi connectivity index (χ4n) is 5.33. The normalized spacial score (nSPS) is 16.5. The number of pyridine rings is 1. The van der Waals surface area contributed by atoms with Crippen LogP contribution >= 0.6 is 0 Å². The fraction of sp³-hybridized carbons (Fsp3) is 0.433. The first-order valence-corrected chi connectivity index (χ1v) is 14.2. The zero-order chi connectivity index (χ0) is 29.7. The zero-order valence-electron chi connectivity index (χ0n) is 24.1. The Labute approximate surface area is 244 Å². The lowest BCUT2D eigenvalue weighted by Crippen LogP contribution is -2.48. The smallest absolute Gasteiger partial charge is 0.251 e. The van der Waals surface area contributed by atoms with Crippen LogP contribution in [0.25, 0.3) is 22.2 Å². The van der Waals surface area contributed by atoms with Crippen molar-refractivity contribution in [1.29, 1.82) is 0 Å². The summed E-state index contributed by atoms with van der Waals surface area (Å²) in [6.07, 6.45) is 4.46. The molecule has 0 aliphatic carbocycles. The number of aliphatic hydroxyl groups excluding tert-OH is 1. The van der Waals surface area contributed by atoms with Gasteiger partial charge in [0.05, 0.1) is 17.8 Å². The Hall–Kier alpha value is -3.87. The predicted octanol–water partition coefficient (Wildman–Crippen LogP) is 3.86. The Morgan fingerprint density at radius 2 is 1.79 bits per heavy atom. The number of benzene rings is 1. The second kappa shape index (κ2) is 13.0. The van der Waals surface area contributed by atoms with E-state index in [1.807, 2.05) is 29.2 Å². The van der Waals surface area contributed by atoms with E-state index in [0.29, 0.717) is 50.2 Å². The van der Waals surface area contributed by atoms with E-state index in [1.165, 1.54) is 6.33 Å². The van der Waals surface area contributed by atoms with Crippen LogP contribution in [0, 0.1) is 0 Å². The Bertz CT molecular complexity index is 1480. The van der Waals surface area contributed by atoms with E-state index in [4.69, 9.17) is 4.98 Å². The molecule has 0 radical (unpaired) electrons. The highest BCUT2D eigenvalue weighted by molar-refractivity contribution is 5.86. The summed E-state index contributed by atoms with van der Waals surface area (Å²) in [4.78, 5) is 26.4. The maximum atomic E-state index is 12.7. The fourth-order valence-corrected chi connectivity index (χ4v) is 5.33. The molecule has 1 aromatic carbocycles. The van der Waals surface area contributed by atoms with Gasteiger partial charge in [-0.3, -0.25) is 15.2 Å². The number of piperazine rings is 1. The van der Waals surface area contributed by atoms with Gasteiger partial charge in [-0.15, -0.1) is 0 Å². The third-order valence-electron chi connectivity index (χ3n) is 8.12. The van der Waals surface area contributed by atoms with Gasteiger partial charge in [-0.05, 0) is 25.1 Å². The number of aromatic nitrogens is 5. The molecule has 10 nitrogen and oxygen atoms in total. The minimum atomic E-state index is -2.32. The molecule has 3 aromatic heterocycles. The van der Waals surface area contributed by atoms with Crippen LogP contribution < -0.4 is 15.5 Å². The van der Waals surface area contributed by atoms with Crippen LogP contribution in [0.5, 0.6) is 0 Å². The molecule has 42 heavy (non-hydrogen) atoms. The minimum absolute atomic E-state index is 0.199. The van der Waals surface area contributed by atoms with Crippen molar-refractivity contribution in [3.05, 3.63) is 66.4 Å². The lowest BCUT2D eigenvalue weighted by Gasteiger charge is -2.34. The summed E-state index contributed by atoms with van der Waals surface area (Å²) in [5.74, 6) is 1.26. The van der Waals surface area contributed by atoms with Gasteiger partial charge in [-0.25, -0.2) is 28.7 Å². The molecule has 3 N–H and O–H groups in total. The Balaban J connectivity index is 1.29. The molecule has 1 unspecified atom stereocenters. The molecule has 1 fully saturated rings. The van der Waals surface area contributed by atoms with Gasteiger partial charge in [-0.2, -0.15) is 0 Å². The maximum Gasteiger partial charge on any atom is 0.251 e. The van der Waals surface area contributed by atoms with Gasteiger partial charge in [0.1, 0.15) is 18.4 Å². The van der Waals surface area contributed by atoms with Crippen molar-refractivity contribution in [2.75, 3.05) is 56.5 Å². The Morgan fingerprint density at radius 1 is 1.02 bits per heavy atom. The summed E-state index contributed by atoms with van der Waals surface area (Å²) in [6, 6.07) is 9.81. The summed E-state index contributed by atoms with van der Waals surface area (Å²) in [5, 5.41) is 17.8. The maximum absolute atomic E-state index is 12.7. The number of halogens is 2. The predicted molar refractivity (Wildman–Crippen MR) is 160 cm³/mol. The van der Waals surface area contributed by atoms with Gasteiger partial charge in [0.15, 0.2) is 0 Å². The summed E-state index contributed by atoms with van der Waals surface area (Å²) >= 11 is 0. The first-order chi connectivity index (χ1) is 20.3. The average Bonchev–Trinajstić information content (AvgIpc) is 3.03. The lowest BCUT2D eigenvalue weighted by atomic mass is 9.78. The van der Waals surface area contributed by atoms with Gasteiger partial charge in [0.25, 0.3) is 6.43 Å². The number of para-hydroxylation sites is 1. The second-order valence-electron chi connectivity index (χ2n) is 10.8.